The summed E-state index contributed by atoms with van der Waals surface area (Å²) < 4.78 is 5.55. The maximum absolute atomic E-state index is 11.0. The van der Waals surface area contributed by atoms with Gasteiger partial charge in [-0.05, 0) is 43.9 Å². The number of ether oxygens (including phenoxy) is 1. The standard InChI is InChI=1S/C20H26N2O3/c1-20(2,3)25-19(24)16-10-8-15(9-11-16)14-6-4-13(5-7-14)12-17(21)18(22)23/h4-11,17,19,24H,12,21H2,1-3H3,(H2,22,23)/t17-,19?/m0/s1. The highest BCUT2D eigenvalue weighted by Crippen LogP contribution is 2.25. The molecular formula is C20H26N2O3. The van der Waals surface area contributed by atoms with Crippen molar-refractivity contribution in [2.24, 2.45) is 11.5 Å². The fraction of sp³-hybridized carbons (Fsp3) is 0.350. The van der Waals surface area contributed by atoms with Gasteiger partial charge < -0.3 is 21.3 Å². The average molecular weight is 342 g/mol. The Kier molecular flexibility index (Phi) is 5.95. The number of rotatable bonds is 6. The average Bonchev–Trinajstić information content (AvgIpc) is 2.54. The molecule has 2 atom stereocenters. The van der Waals surface area contributed by atoms with E-state index in [2.05, 4.69) is 0 Å². The molecule has 0 saturated heterocycles. The number of primary amides is 1. The molecule has 0 aliphatic carbocycles. The van der Waals surface area contributed by atoms with Crippen LogP contribution < -0.4 is 11.5 Å². The number of amides is 1. The summed E-state index contributed by atoms with van der Waals surface area (Å²) >= 11 is 0. The maximum Gasteiger partial charge on any atom is 0.234 e. The van der Waals surface area contributed by atoms with Crippen molar-refractivity contribution in [2.45, 2.75) is 45.1 Å². The number of carbonyl (C=O) groups is 1. The van der Waals surface area contributed by atoms with Crippen LogP contribution in [0.25, 0.3) is 11.1 Å². The van der Waals surface area contributed by atoms with Gasteiger partial charge in [0, 0.05) is 5.56 Å². The first-order valence-corrected chi connectivity index (χ1v) is 8.26. The lowest BCUT2D eigenvalue weighted by Crippen LogP contribution is -2.38. The van der Waals surface area contributed by atoms with E-state index in [0.717, 1.165) is 16.7 Å². The summed E-state index contributed by atoms with van der Waals surface area (Å²) in [4.78, 5) is 11.0. The largest absolute Gasteiger partial charge is 0.368 e. The Labute approximate surface area is 148 Å². The molecule has 2 aromatic carbocycles. The van der Waals surface area contributed by atoms with Crippen LogP contribution in [0.2, 0.25) is 0 Å². The molecule has 25 heavy (non-hydrogen) atoms. The predicted octanol–water partition coefficient (Wildman–Crippen LogP) is 2.51. The summed E-state index contributed by atoms with van der Waals surface area (Å²) in [6, 6.07) is 14.7. The second-order valence-corrected chi connectivity index (χ2v) is 7.11. The molecule has 0 aromatic heterocycles. The summed E-state index contributed by atoms with van der Waals surface area (Å²) in [6.07, 6.45) is -0.531. The van der Waals surface area contributed by atoms with Crippen molar-refractivity contribution in [1.29, 1.82) is 0 Å². The molecule has 0 fully saturated rings. The van der Waals surface area contributed by atoms with Gasteiger partial charge in [0.1, 0.15) is 0 Å². The molecule has 5 N–H and O–H groups in total. The van der Waals surface area contributed by atoms with E-state index in [4.69, 9.17) is 16.2 Å². The van der Waals surface area contributed by atoms with Gasteiger partial charge in [-0.2, -0.15) is 0 Å². The van der Waals surface area contributed by atoms with Crippen molar-refractivity contribution >= 4 is 5.91 Å². The number of carbonyl (C=O) groups excluding carboxylic acids is 1. The van der Waals surface area contributed by atoms with Crippen LogP contribution >= 0.6 is 0 Å². The van der Waals surface area contributed by atoms with E-state index >= 15 is 0 Å². The van der Waals surface area contributed by atoms with Crippen molar-refractivity contribution in [1.82, 2.24) is 0 Å². The fourth-order valence-corrected chi connectivity index (χ4v) is 2.43. The molecule has 0 radical (unpaired) electrons. The van der Waals surface area contributed by atoms with E-state index in [1.807, 2.05) is 69.3 Å². The third-order valence-corrected chi connectivity index (χ3v) is 3.77. The highest BCUT2D eigenvalue weighted by atomic mass is 16.6. The van der Waals surface area contributed by atoms with E-state index < -0.39 is 23.8 Å². The smallest absolute Gasteiger partial charge is 0.234 e. The highest BCUT2D eigenvalue weighted by Gasteiger charge is 2.18. The lowest BCUT2D eigenvalue weighted by molar-refractivity contribution is -0.169. The Morgan fingerprint density at radius 2 is 1.52 bits per heavy atom. The number of benzene rings is 2. The Balaban J connectivity index is 2.08. The molecule has 2 rings (SSSR count). The summed E-state index contributed by atoms with van der Waals surface area (Å²) in [7, 11) is 0. The van der Waals surface area contributed by atoms with Crippen molar-refractivity contribution in [3.05, 3.63) is 59.7 Å². The van der Waals surface area contributed by atoms with Gasteiger partial charge >= 0.3 is 0 Å². The van der Waals surface area contributed by atoms with Crippen LogP contribution in [0.15, 0.2) is 48.5 Å². The molecule has 1 amide bonds. The first kappa shape index (κ1) is 19.1. The predicted molar refractivity (Wildman–Crippen MR) is 98.5 cm³/mol. The molecule has 0 heterocycles. The summed E-state index contributed by atoms with van der Waals surface area (Å²) in [5, 5.41) is 10.1. The van der Waals surface area contributed by atoms with Crippen LogP contribution in [0.3, 0.4) is 0 Å². The first-order valence-electron chi connectivity index (χ1n) is 8.26. The molecular weight excluding hydrogens is 316 g/mol. The maximum atomic E-state index is 11.0. The molecule has 0 spiro atoms. The van der Waals surface area contributed by atoms with E-state index in [1.54, 1.807) is 0 Å². The Morgan fingerprint density at radius 3 is 1.96 bits per heavy atom. The quantitative estimate of drug-likeness (QED) is 0.703. The van der Waals surface area contributed by atoms with Crippen molar-refractivity contribution in [3.8, 4) is 11.1 Å². The van der Waals surface area contributed by atoms with Crippen LogP contribution in [0.1, 0.15) is 38.2 Å². The zero-order valence-corrected chi connectivity index (χ0v) is 14.9. The number of hydrogen-bond donors (Lipinski definition) is 3. The zero-order valence-electron chi connectivity index (χ0n) is 14.9. The first-order chi connectivity index (χ1) is 11.7. The minimum absolute atomic E-state index is 0.417. The lowest BCUT2D eigenvalue weighted by atomic mass is 10.00. The van der Waals surface area contributed by atoms with Gasteiger partial charge in [-0.15, -0.1) is 0 Å². The minimum atomic E-state index is -0.952. The van der Waals surface area contributed by atoms with Crippen LogP contribution in [0, 0.1) is 0 Å². The van der Waals surface area contributed by atoms with E-state index in [0.29, 0.717) is 12.0 Å². The summed E-state index contributed by atoms with van der Waals surface area (Å²) in [6.45, 7) is 5.70. The normalized spacial score (nSPS) is 14.1. The zero-order chi connectivity index (χ0) is 18.6. The summed E-state index contributed by atoms with van der Waals surface area (Å²) in [5.41, 5.74) is 14.2. The molecule has 0 aliphatic rings. The van der Waals surface area contributed by atoms with E-state index in [-0.39, 0.29) is 0 Å². The minimum Gasteiger partial charge on any atom is -0.368 e. The van der Waals surface area contributed by atoms with Crippen LogP contribution in [-0.4, -0.2) is 22.7 Å². The van der Waals surface area contributed by atoms with Gasteiger partial charge in [-0.1, -0.05) is 48.5 Å². The molecule has 0 aliphatic heterocycles. The van der Waals surface area contributed by atoms with Crippen molar-refractivity contribution in [2.75, 3.05) is 0 Å². The molecule has 5 nitrogen and oxygen atoms in total. The SMILES string of the molecule is CC(C)(C)OC(O)c1ccc(-c2ccc(C[C@H](N)C(N)=O)cc2)cc1. The molecule has 5 heteroatoms. The Morgan fingerprint density at radius 1 is 1.04 bits per heavy atom. The number of aliphatic hydroxyl groups excluding tert-OH is 1. The highest BCUT2D eigenvalue weighted by molar-refractivity contribution is 5.79. The van der Waals surface area contributed by atoms with Crippen LogP contribution in [-0.2, 0) is 16.0 Å². The van der Waals surface area contributed by atoms with Crippen LogP contribution in [0.4, 0.5) is 0 Å². The third kappa shape index (κ3) is 5.67. The number of nitrogens with two attached hydrogens (primary N) is 2. The molecule has 2 aromatic rings. The second-order valence-electron chi connectivity index (χ2n) is 7.11. The number of aliphatic hydroxyl groups is 1. The Hall–Kier alpha value is -2.21. The van der Waals surface area contributed by atoms with Gasteiger partial charge in [-0.3, -0.25) is 4.79 Å². The molecule has 1 unspecified atom stereocenters. The third-order valence-electron chi connectivity index (χ3n) is 3.77. The van der Waals surface area contributed by atoms with E-state index in [9.17, 15) is 9.90 Å². The summed E-state index contributed by atoms with van der Waals surface area (Å²) in [5.74, 6) is -0.504. The van der Waals surface area contributed by atoms with Crippen molar-refractivity contribution < 1.29 is 14.6 Å². The fourth-order valence-electron chi connectivity index (χ4n) is 2.43. The van der Waals surface area contributed by atoms with Gasteiger partial charge in [0.15, 0.2) is 6.29 Å². The lowest BCUT2D eigenvalue weighted by Gasteiger charge is -2.24. The van der Waals surface area contributed by atoms with E-state index in [1.165, 1.54) is 0 Å². The monoisotopic (exact) mass is 342 g/mol. The van der Waals surface area contributed by atoms with Gasteiger partial charge in [0.2, 0.25) is 5.91 Å². The van der Waals surface area contributed by atoms with Gasteiger partial charge in [0.25, 0.3) is 0 Å². The van der Waals surface area contributed by atoms with Gasteiger partial charge in [-0.25, -0.2) is 0 Å². The van der Waals surface area contributed by atoms with Gasteiger partial charge in [0.05, 0.1) is 11.6 Å². The van der Waals surface area contributed by atoms with Crippen LogP contribution in [0.5, 0.6) is 0 Å². The van der Waals surface area contributed by atoms with Crippen molar-refractivity contribution in [3.63, 3.8) is 0 Å². The Bertz CT molecular complexity index is 703. The molecule has 134 valence electrons. The second kappa shape index (κ2) is 7.78. The molecule has 0 bridgehead atoms. The topological polar surface area (TPSA) is 98.6 Å². The number of hydrogen-bond acceptors (Lipinski definition) is 4. The molecule has 0 saturated carbocycles.